The number of rotatable bonds is 7. The van der Waals surface area contributed by atoms with Crippen molar-refractivity contribution < 1.29 is 4.79 Å². The Hall–Kier alpha value is -1.73. The number of anilines is 1. The van der Waals surface area contributed by atoms with Gasteiger partial charge in [0.15, 0.2) is 0 Å². The highest BCUT2D eigenvalue weighted by molar-refractivity contribution is 5.94. The van der Waals surface area contributed by atoms with E-state index in [1.807, 2.05) is 7.05 Å². The fourth-order valence-corrected chi connectivity index (χ4v) is 5.11. The van der Waals surface area contributed by atoms with E-state index in [4.69, 9.17) is 0 Å². The van der Waals surface area contributed by atoms with Gasteiger partial charge >= 0.3 is 0 Å². The fraction of sp³-hybridized carbons (Fsp3) is 0.762. The predicted octanol–water partition coefficient (Wildman–Crippen LogP) is 1.76. The standard InChI is InChI=1S/C21H36N6O/c1-20(2)15-21(3,4)18(20)25-17(28)16-13-23-19(24-14-16)26(5)9-6-10-27-11-7-22-8-12-27/h13-14,18,22H,6-12,15H2,1-5H3,(H,25,28). The van der Waals surface area contributed by atoms with Crippen molar-refractivity contribution in [2.45, 2.75) is 46.6 Å². The van der Waals surface area contributed by atoms with E-state index in [1.165, 1.54) is 0 Å². The van der Waals surface area contributed by atoms with Crippen molar-refractivity contribution in [2.24, 2.45) is 10.8 Å². The van der Waals surface area contributed by atoms with Gasteiger partial charge in [0.05, 0.1) is 5.56 Å². The molecule has 2 fully saturated rings. The first-order valence-electron chi connectivity index (χ1n) is 10.5. The van der Waals surface area contributed by atoms with E-state index in [1.54, 1.807) is 12.4 Å². The summed E-state index contributed by atoms with van der Waals surface area (Å²) < 4.78 is 0. The fourth-order valence-electron chi connectivity index (χ4n) is 5.11. The third-order valence-electron chi connectivity index (χ3n) is 6.17. The molecule has 1 amide bonds. The van der Waals surface area contributed by atoms with Gasteiger partial charge in [-0.25, -0.2) is 9.97 Å². The van der Waals surface area contributed by atoms with Crippen LogP contribution in [0.15, 0.2) is 12.4 Å². The normalized spacial score (nSPS) is 21.8. The summed E-state index contributed by atoms with van der Waals surface area (Å²) in [6.45, 7) is 15.2. The number of amides is 1. The van der Waals surface area contributed by atoms with Crippen molar-refractivity contribution in [1.82, 2.24) is 25.5 Å². The summed E-state index contributed by atoms with van der Waals surface area (Å²) in [4.78, 5) is 26.0. The highest BCUT2D eigenvalue weighted by Crippen LogP contribution is 2.53. The van der Waals surface area contributed by atoms with Gasteiger partial charge in [0.25, 0.3) is 5.91 Å². The second-order valence-electron chi connectivity index (χ2n) is 9.70. The lowest BCUT2D eigenvalue weighted by Gasteiger charge is -2.57. The van der Waals surface area contributed by atoms with Crippen molar-refractivity contribution in [3.8, 4) is 0 Å². The second-order valence-corrected chi connectivity index (χ2v) is 9.70. The lowest BCUT2D eigenvalue weighted by molar-refractivity contribution is -0.0366. The maximum Gasteiger partial charge on any atom is 0.254 e. The Morgan fingerprint density at radius 1 is 1.21 bits per heavy atom. The quantitative estimate of drug-likeness (QED) is 0.742. The molecule has 2 N–H and O–H groups in total. The SMILES string of the molecule is CN(CCCN1CCNCC1)c1ncc(C(=O)NC2C(C)(C)CC2(C)C)cn1. The molecule has 1 aliphatic carbocycles. The Balaban J connectivity index is 1.49. The molecule has 2 aliphatic rings. The molecule has 0 unspecified atom stereocenters. The van der Waals surface area contributed by atoms with Crippen molar-refractivity contribution >= 4 is 11.9 Å². The molecule has 3 rings (SSSR count). The number of carbonyl (C=O) groups excluding carboxylic acids is 1. The summed E-state index contributed by atoms with van der Waals surface area (Å²) in [6.07, 6.45) is 5.47. The van der Waals surface area contributed by atoms with Crippen LogP contribution in [0, 0.1) is 10.8 Å². The smallest absolute Gasteiger partial charge is 0.254 e. The Bertz CT molecular complexity index is 652. The lowest BCUT2D eigenvalue weighted by atomic mass is 9.52. The summed E-state index contributed by atoms with van der Waals surface area (Å²) >= 11 is 0. The van der Waals surface area contributed by atoms with E-state index in [0.717, 1.165) is 52.1 Å². The molecule has 1 saturated heterocycles. The summed E-state index contributed by atoms with van der Waals surface area (Å²) in [5, 5.41) is 6.57. The molecular weight excluding hydrogens is 352 g/mol. The van der Waals surface area contributed by atoms with Gasteiger partial charge in [-0.3, -0.25) is 4.79 Å². The highest BCUT2D eigenvalue weighted by atomic mass is 16.1. The molecule has 2 heterocycles. The van der Waals surface area contributed by atoms with Crippen LogP contribution in [0.25, 0.3) is 0 Å². The number of nitrogens with zero attached hydrogens (tertiary/aromatic N) is 4. The molecule has 0 bridgehead atoms. The number of hydrogen-bond donors (Lipinski definition) is 2. The van der Waals surface area contributed by atoms with Gasteiger partial charge < -0.3 is 20.4 Å². The molecule has 28 heavy (non-hydrogen) atoms. The summed E-state index contributed by atoms with van der Waals surface area (Å²) in [5.74, 6) is 0.583. The van der Waals surface area contributed by atoms with E-state index >= 15 is 0 Å². The summed E-state index contributed by atoms with van der Waals surface area (Å²) in [7, 11) is 2.01. The number of piperazine rings is 1. The molecule has 1 saturated carbocycles. The van der Waals surface area contributed by atoms with Crippen LogP contribution >= 0.6 is 0 Å². The first-order chi connectivity index (χ1) is 13.2. The minimum Gasteiger partial charge on any atom is -0.348 e. The van der Waals surface area contributed by atoms with Crippen LogP contribution in [0.3, 0.4) is 0 Å². The molecule has 7 heteroatoms. The predicted molar refractivity (Wildman–Crippen MR) is 113 cm³/mol. The van der Waals surface area contributed by atoms with Gasteiger partial charge in [-0.05, 0) is 30.2 Å². The molecule has 1 aromatic heterocycles. The van der Waals surface area contributed by atoms with Crippen molar-refractivity contribution in [3.63, 3.8) is 0 Å². The molecule has 0 aromatic carbocycles. The molecule has 1 aromatic rings. The van der Waals surface area contributed by atoms with Crippen LogP contribution in [0.2, 0.25) is 0 Å². The first kappa shape index (κ1) is 21.0. The average Bonchev–Trinajstić information content (AvgIpc) is 2.66. The number of aromatic nitrogens is 2. The van der Waals surface area contributed by atoms with Crippen LogP contribution in [-0.2, 0) is 0 Å². The van der Waals surface area contributed by atoms with Crippen molar-refractivity contribution in [1.29, 1.82) is 0 Å². The summed E-state index contributed by atoms with van der Waals surface area (Å²) in [5.41, 5.74) is 0.784. The van der Waals surface area contributed by atoms with Crippen LogP contribution < -0.4 is 15.5 Å². The van der Waals surface area contributed by atoms with E-state index < -0.39 is 0 Å². The van der Waals surface area contributed by atoms with Crippen LogP contribution in [-0.4, -0.2) is 73.1 Å². The number of nitrogens with one attached hydrogen (secondary N) is 2. The van der Waals surface area contributed by atoms with Crippen molar-refractivity contribution in [3.05, 3.63) is 18.0 Å². The molecule has 0 atom stereocenters. The number of hydrogen-bond acceptors (Lipinski definition) is 6. The van der Waals surface area contributed by atoms with E-state index in [0.29, 0.717) is 11.5 Å². The van der Waals surface area contributed by atoms with E-state index in [9.17, 15) is 4.79 Å². The zero-order chi connectivity index (χ0) is 20.4. The monoisotopic (exact) mass is 388 g/mol. The van der Waals surface area contributed by atoms with Crippen LogP contribution in [0.5, 0.6) is 0 Å². The minimum absolute atomic E-state index is 0.0845. The zero-order valence-electron chi connectivity index (χ0n) is 18.1. The molecule has 7 nitrogen and oxygen atoms in total. The lowest BCUT2D eigenvalue weighted by Crippen LogP contribution is -2.63. The van der Waals surface area contributed by atoms with Crippen LogP contribution in [0.1, 0.15) is 50.9 Å². The van der Waals surface area contributed by atoms with Gasteiger partial charge in [0, 0.05) is 58.2 Å². The molecular formula is C21H36N6O. The maximum absolute atomic E-state index is 12.6. The van der Waals surface area contributed by atoms with Crippen LogP contribution in [0.4, 0.5) is 5.95 Å². The van der Waals surface area contributed by atoms with E-state index in [-0.39, 0.29) is 22.8 Å². The van der Waals surface area contributed by atoms with Gasteiger partial charge in [0.2, 0.25) is 5.95 Å². The number of carbonyl (C=O) groups is 1. The third-order valence-corrected chi connectivity index (χ3v) is 6.17. The Kier molecular flexibility index (Phi) is 6.25. The van der Waals surface area contributed by atoms with Crippen molar-refractivity contribution in [2.75, 3.05) is 51.2 Å². The molecule has 156 valence electrons. The average molecular weight is 389 g/mol. The molecule has 0 radical (unpaired) electrons. The second kappa shape index (κ2) is 8.33. The van der Waals surface area contributed by atoms with Gasteiger partial charge in [-0.2, -0.15) is 0 Å². The topological polar surface area (TPSA) is 73.4 Å². The van der Waals surface area contributed by atoms with Gasteiger partial charge in [-0.1, -0.05) is 27.7 Å². The molecule has 1 aliphatic heterocycles. The highest BCUT2D eigenvalue weighted by Gasteiger charge is 2.53. The molecule has 0 spiro atoms. The Morgan fingerprint density at radius 3 is 2.39 bits per heavy atom. The largest absolute Gasteiger partial charge is 0.348 e. The first-order valence-corrected chi connectivity index (χ1v) is 10.5. The minimum atomic E-state index is -0.0845. The maximum atomic E-state index is 12.6. The summed E-state index contributed by atoms with van der Waals surface area (Å²) in [6, 6.07) is 0.167. The van der Waals surface area contributed by atoms with Gasteiger partial charge in [-0.15, -0.1) is 0 Å². The Morgan fingerprint density at radius 2 is 1.82 bits per heavy atom. The van der Waals surface area contributed by atoms with E-state index in [2.05, 4.69) is 58.1 Å². The van der Waals surface area contributed by atoms with Gasteiger partial charge in [0.1, 0.15) is 0 Å². The zero-order valence-corrected chi connectivity index (χ0v) is 18.1. The Labute approximate surface area is 169 Å². The third kappa shape index (κ3) is 4.81.